The van der Waals surface area contributed by atoms with Gasteiger partial charge in [-0.05, 0) is 55.9 Å². The molecule has 2 aliphatic heterocycles. The Balaban J connectivity index is 1.62. The van der Waals surface area contributed by atoms with E-state index in [0.717, 1.165) is 35.5 Å². The van der Waals surface area contributed by atoms with Gasteiger partial charge in [-0.15, -0.1) is 11.8 Å². The summed E-state index contributed by atoms with van der Waals surface area (Å²) in [6, 6.07) is 4.59. The van der Waals surface area contributed by atoms with Crippen molar-refractivity contribution in [1.82, 2.24) is 10.2 Å². The highest BCUT2D eigenvalue weighted by atomic mass is 32.2. The molecule has 2 aliphatic rings. The van der Waals surface area contributed by atoms with E-state index in [9.17, 15) is 14.3 Å². The monoisotopic (exact) mass is 338 g/mol. The Morgan fingerprint density at radius 1 is 1.39 bits per heavy atom. The number of piperidine rings is 1. The lowest BCUT2D eigenvalue weighted by Crippen LogP contribution is -2.47. The maximum atomic E-state index is 13.5. The summed E-state index contributed by atoms with van der Waals surface area (Å²) in [4.78, 5) is 15.3. The summed E-state index contributed by atoms with van der Waals surface area (Å²) in [5.41, 5.74) is 0.883. The Morgan fingerprint density at radius 3 is 2.83 bits per heavy atom. The van der Waals surface area contributed by atoms with Crippen LogP contribution in [0.4, 0.5) is 9.18 Å². The van der Waals surface area contributed by atoms with Gasteiger partial charge in [0.2, 0.25) is 0 Å². The number of benzene rings is 1. The minimum absolute atomic E-state index is 0.0823. The lowest BCUT2D eigenvalue weighted by atomic mass is 9.92. The van der Waals surface area contributed by atoms with Gasteiger partial charge in [0, 0.05) is 23.7 Å². The number of carbonyl (C=O) groups excluding carboxylic acids is 1. The van der Waals surface area contributed by atoms with Gasteiger partial charge in [0.15, 0.2) is 0 Å². The van der Waals surface area contributed by atoms with E-state index < -0.39 is 0 Å². The molecule has 0 spiro atoms. The Labute approximate surface area is 140 Å². The van der Waals surface area contributed by atoms with Gasteiger partial charge in [-0.3, -0.25) is 0 Å². The van der Waals surface area contributed by atoms with Crippen LogP contribution < -0.4 is 5.32 Å². The summed E-state index contributed by atoms with van der Waals surface area (Å²) < 4.78 is 13.5. The molecule has 1 aromatic rings. The van der Waals surface area contributed by atoms with Crippen LogP contribution in [-0.4, -0.2) is 41.0 Å². The third kappa shape index (κ3) is 3.80. The molecule has 2 heterocycles. The summed E-state index contributed by atoms with van der Waals surface area (Å²) in [6.45, 7) is 3.14. The van der Waals surface area contributed by atoms with Crippen LogP contribution in [0.3, 0.4) is 0 Å². The molecule has 6 heteroatoms. The number of urea groups is 1. The number of thioether (sulfide) groups is 1. The van der Waals surface area contributed by atoms with Gasteiger partial charge in [-0.1, -0.05) is 0 Å². The molecule has 2 unspecified atom stereocenters. The Kier molecular flexibility index (Phi) is 5.11. The molecule has 1 fully saturated rings. The van der Waals surface area contributed by atoms with Crippen molar-refractivity contribution in [2.24, 2.45) is 5.92 Å². The second-order valence-corrected chi connectivity index (χ2v) is 7.52. The predicted molar refractivity (Wildman–Crippen MR) is 89.0 cm³/mol. The lowest BCUT2D eigenvalue weighted by molar-refractivity contribution is 0.0792. The molecule has 2 amide bonds. The highest BCUT2D eigenvalue weighted by Crippen LogP contribution is 2.36. The van der Waals surface area contributed by atoms with Crippen molar-refractivity contribution in [2.45, 2.75) is 43.2 Å². The summed E-state index contributed by atoms with van der Waals surface area (Å²) in [7, 11) is 0. The number of nitrogens with one attached hydrogen (secondary N) is 1. The molecule has 1 saturated heterocycles. The van der Waals surface area contributed by atoms with E-state index in [0.29, 0.717) is 13.1 Å². The van der Waals surface area contributed by atoms with Crippen LogP contribution in [-0.2, 0) is 0 Å². The van der Waals surface area contributed by atoms with Gasteiger partial charge in [0.1, 0.15) is 5.82 Å². The molecule has 0 aromatic heterocycles. The van der Waals surface area contributed by atoms with Crippen molar-refractivity contribution in [3.63, 3.8) is 0 Å². The fourth-order valence-electron chi connectivity index (χ4n) is 3.34. The van der Waals surface area contributed by atoms with E-state index in [1.165, 1.54) is 12.1 Å². The highest BCUT2D eigenvalue weighted by molar-refractivity contribution is 7.99. The van der Waals surface area contributed by atoms with Crippen molar-refractivity contribution >= 4 is 17.8 Å². The maximum absolute atomic E-state index is 13.5. The molecule has 126 valence electrons. The van der Waals surface area contributed by atoms with Gasteiger partial charge in [-0.25, -0.2) is 9.18 Å². The van der Waals surface area contributed by atoms with Gasteiger partial charge in [0.05, 0.1) is 12.1 Å². The van der Waals surface area contributed by atoms with Crippen molar-refractivity contribution in [1.29, 1.82) is 0 Å². The Morgan fingerprint density at radius 2 is 2.13 bits per heavy atom. The van der Waals surface area contributed by atoms with E-state index in [1.54, 1.807) is 22.7 Å². The largest absolute Gasteiger partial charge is 0.393 e. The van der Waals surface area contributed by atoms with E-state index in [4.69, 9.17) is 0 Å². The second kappa shape index (κ2) is 7.09. The number of amides is 2. The van der Waals surface area contributed by atoms with E-state index in [1.807, 2.05) is 6.92 Å². The van der Waals surface area contributed by atoms with Crippen LogP contribution in [0.1, 0.15) is 37.8 Å². The lowest BCUT2D eigenvalue weighted by Gasteiger charge is -2.35. The fourth-order valence-corrected chi connectivity index (χ4v) is 4.45. The maximum Gasteiger partial charge on any atom is 0.317 e. The first-order chi connectivity index (χ1) is 11.0. The van der Waals surface area contributed by atoms with Crippen LogP contribution in [0.25, 0.3) is 0 Å². The van der Waals surface area contributed by atoms with Gasteiger partial charge in [0.25, 0.3) is 0 Å². The summed E-state index contributed by atoms with van der Waals surface area (Å²) in [6.07, 6.45) is 2.16. The number of aliphatic hydroxyl groups is 1. The van der Waals surface area contributed by atoms with Crippen LogP contribution in [0, 0.1) is 11.7 Å². The van der Waals surface area contributed by atoms with Crippen molar-refractivity contribution in [3.8, 4) is 0 Å². The van der Waals surface area contributed by atoms with Crippen LogP contribution >= 0.6 is 11.8 Å². The Bertz CT molecular complexity index is 574. The van der Waals surface area contributed by atoms with Crippen molar-refractivity contribution in [3.05, 3.63) is 29.6 Å². The standard InChI is InChI=1S/C17H23FN2O2S/c1-11(21)12-4-7-20(8-5-12)17(22)19-15-6-9-23-16-3-2-13(18)10-14(15)16/h2-3,10-12,15,21H,4-9H2,1H3,(H,19,22). The number of halogens is 1. The molecule has 0 bridgehead atoms. The number of rotatable bonds is 2. The van der Waals surface area contributed by atoms with Crippen LogP contribution in [0.5, 0.6) is 0 Å². The second-order valence-electron chi connectivity index (χ2n) is 6.39. The minimum Gasteiger partial charge on any atom is -0.393 e. The van der Waals surface area contributed by atoms with Gasteiger partial charge < -0.3 is 15.3 Å². The number of fused-ring (bicyclic) bond motifs is 1. The van der Waals surface area contributed by atoms with E-state index in [-0.39, 0.29) is 29.9 Å². The number of hydrogen-bond acceptors (Lipinski definition) is 3. The molecule has 2 N–H and O–H groups in total. The fraction of sp³-hybridized carbons (Fsp3) is 0.588. The molecular formula is C17H23FN2O2S. The normalized spacial score (nSPS) is 23.3. The van der Waals surface area contributed by atoms with E-state index >= 15 is 0 Å². The first-order valence-corrected chi connectivity index (χ1v) is 9.19. The van der Waals surface area contributed by atoms with Crippen LogP contribution in [0.2, 0.25) is 0 Å². The summed E-state index contributed by atoms with van der Waals surface area (Å²) in [5, 5.41) is 12.7. The topological polar surface area (TPSA) is 52.6 Å². The molecule has 0 radical (unpaired) electrons. The Hall–Kier alpha value is -1.27. The quantitative estimate of drug-likeness (QED) is 0.871. The number of likely N-dealkylation sites (tertiary alicyclic amines) is 1. The third-order valence-corrected chi connectivity index (χ3v) is 5.94. The zero-order valence-corrected chi connectivity index (χ0v) is 14.1. The molecule has 0 saturated carbocycles. The van der Waals surface area contributed by atoms with E-state index in [2.05, 4.69) is 5.32 Å². The van der Waals surface area contributed by atoms with Crippen molar-refractivity contribution in [2.75, 3.05) is 18.8 Å². The first kappa shape index (κ1) is 16.6. The number of nitrogens with zero attached hydrogens (tertiary/aromatic N) is 1. The predicted octanol–water partition coefficient (Wildman–Crippen LogP) is 3.17. The third-order valence-electron chi connectivity index (χ3n) is 4.82. The molecule has 0 aliphatic carbocycles. The molecule has 23 heavy (non-hydrogen) atoms. The van der Waals surface area contributed by atoms with Gasteiger partial charge in [-0.2, -0.15) is 0 Å². The molecule has 3 rings (SSSR count). The first-order valence-electron chi connectivity index (χ1n) is 8.20. The number of carbonyl (C=O) groups is 1. The molecule has 2 atom stereocenters. The minimum atomic E-state index is -0.314. The van der Waals surface area contributed by atoms with Crippen LogP contribution in [0.15, 0.2) is 23.1 Å². The average Bonchev–Trinajstić information content (AvgIpc) is 2.55. The zero-order valence-electron chi connectivity index (χ0n) is 13.3. The molecule has 4 nitrogen and oxygen atoms in total. The van der Waals surface area contributed by atoms with Gasteiger partial charge >= 0.3 is 6.03 Å². The number of hydrogen-bond donors (Lipinski definition) is 2. The molecule has 1 aromatic carbocycles. The zero-order chi connectivity index (χ0) is 16.4. The smallest absolute Gasteiger partial charge is 0.317 e. The summed E-state index contributed by atoms with van der Waals surface area (Å²) >= 11 is 1.71. The highest BCUT2D eigenvalue weighted by Gasteiger charge is 2.28. The average molecular weight is 338 g/mol. The van der Waals surface area contributed by atoms with Crippen molar-refractivity contribution < 1.29 is 14.3 Å². The SMILES string of the molecule is CC(O)C1CCN(C(=O)NC2CCSc3ccc(F)cc32)CC1. The summed E-state index contributed by atoms with van der Waals surface area (Å²) in [5.74, 6) is 0.941. The number of aliphatic hydroxyl groups excluding tert-OH is 1. The molecular weight excluding hydrogens is 315 g/mol.